The highest BCUT2D eigenvalue weighted by molar-refractivity contribution is 7.89. The zero-order chi connectivity index (χ0) is 15.5. The monoisotopic (exact) mass is 308 g/mol. The third-order valence-electron chi connectivity index (χ3n) is 2.98. The van der Waals surface area contributed by atoms with Crippen molar-refractivity contribution in [3.05, 3.63) is 48.0 Å². The Bertz CT molecular complexity index is 744. The molecule has 2 aromatic carbocycles. The maximum Gasteiger partial charge on any atom is 0.242 e. The van der Waals surface area contributed by atoms with Gasteiger partial charge in [0.1, 0.15) is 16.4 Å². The van der Waals surface area contributed by atoms with E-state index in [0.29, 0.717) is 11.3 Å². The summed E-state index contributed by atoms with van der Waals surface area (Å²) < 4.78 is 26.1. The fourth-order valence-electron chi connectivity index (χ4n) is 1.85. The highest BCUT2D eigenvalue weighted by Gasteiger charge is 2.15. The van der Waals surface area contributed by atoms with Crippen LogP contribution in [0.2, 0.25) is 0 Å². The first-order valence-corrected chi connectivity index (χ1v) is 7.69. The lowest BCUT2D eigenvalue weighted by molar-refractivity contribution is 0.446. The summed E-state index contributed by atoms with van der Waals surface area (Å²) in [5.74, 6) is -0.0918. The Morgan fingerprint density at radius 3 is 2.48 bits per heavy atom. The fourth-order valence-corrected chi connectivity index (χ4v) is 2.76. The number of hydrogen-bond acceptors (Lipinski definition) is 5. The molecule has 0 atom stereocenters. The molecule has 6 nitrogen and oxygen atoms in total. The zero-order valence-corrected chi connectivity index (χ0v) is 12.2. The molecule has 0 saturated heterocycles. The molecule has 0 aliphatic heterocycles. The molecule has 0 spiro atoms. The maximum atomic E-state index is 11.9. The van der Waals surface area contributed by atoms with Crippen molar-refractivity contribution in [2.75, 3.05) is 12.4 Å². The van der Waals surface area contributed by atoms with E-state index in [1.54, 1.807) is 24.3 Å². The summed E-state index contributed by atoms with van der Waals surface area (Å²) in [5.41, 5.74) is 0.976. The average Bonchev–Trinajstić information content (AvgIpc) is 2.46. The molecule has 0 fully saturated rings. The van der Waals surface area contributed by atoms with Gasteiger partial charge in [0.05, 0.1) is 5.69 Å². The molecule has 2 rings (SSSR count). The number of benzene rings is 2. The summed E-state index contributed by atoms with van der Waals surface area (Å²) in [7, 11) is -2.22. The number of hydrogen-bond donors (Lipinski definition) is 4. The van der Waals surface area contributed by atoms with Gasteiger partial charge in [0.25, 0.3) is 0 Å². The number of phenolic OH excluding ortho intramolecular Hbond substituents is 2. The van der Waals surface area contributed by atoms with Crippen LogP contribution in [0.3, 0.4) is 0 Å². The van der Waals surface area contributed by atoms with Crippen molar-refractivity contribution in [1.29, 1.82) is 0 Å². The average molecular weight is 308 g/mol. The molecule has 0 saturated carbocycles. The van der Waals surface area contributed by atoms with Crippen molar-refractivity contribution < 1.29 is 18.6 Å². The largest absolute Gasteiger partial charge is 0.508 e. The predicted octanol–water partition coefficient (Wildman–Crippen LogP) is 1.62. The van der Waals surface area contributed by atoms with Crippen LogP contribution in [0.25, 0.3) is 0 Å². The van der Waals surface area contributed by atoms with Gasteiger partial charge in [0.2, 0.25) is 10.0 Å². The first-order chi connectivity index (χ1) is 9.94. The second-order valence-electron chi connectivity index (χ2n) is 4.37. The standard InChI is InChI=1S/C14H16N2O4S/c1-15-21(19,20)14-5-3-2-4-12(14)16-9-10-6-7-11(17)8-13(10)18/h2-8,15-18H,9H2,1H3. The maximum absolute atomic E-state index is 11.9. The van der Waals surface area contributed by atoms with Crippen LogP contribution in [0.1, 0.15) is 5.56 Å². The number of phenols is 2. The van der Waals surface area contributed by atoms with Gasteiger partial charge >= 0.3 is 0 Å². The smallest absolute Gasteiger partial charge is 0.242 e. The van der Waals surface area contributed by atoms with Crippen LogP contribution in [-0.4, -0.2) is 25.7 Å². The molecule has 0 heterocycles. The van der Waals surface area contributed by atoms with Crippen LogP contribution >= 0.6 is 0 Å². The zero-order valence-electron chi connectivity index (χ0n) is 11.4. The van der Waals surface area contributed by atoms with Crippen molar-refractivity contribution in [2.45, 2.75) is 11.4 Å². The molecule has 0 unspecified atom stereocenters. The summed E-state index contributed by atoms with van der Waals surface area (Å²) in [5, 5.41) is 21.9. The molecular weight excluding hydrogens is 292 g/mol. The highest BCUT2D eigenvalue weighted by atomic mass is 32.2. The van der Waals surface area contributed by atoms with Gasteiger partial charge in [-0.25, -0.2) is 13.1 Å². The van der Waals surface area contributed by atoms with E-state index in [1.165, 1.54) is 25.2 Å². The first-order valence-electron chi connectivity index (χ1n) is 6.21. The highest BCUT2D eigenvalue weighted by Crippen LogP contribution is 2.25. The molecule has 0 aromatic heterocycles. The molecular formula is C14H16N2O4S. The van der Waals surface area contributed by atoms with Crippen LogP contribution < -0.4 is 10.0 Å². The number of aromatic hydroxyl groups is 2. The number of rotatable bonds is 5. The Kier molecular flexibility index (Phi) is 4.35. The van der Waals surface area contributed by atoms with Gasteiger partial charge in [-0.05, 0) is 31.3 Å². The second kappa shape index (κ2) is 6.02. The van der Waals surface area contributed by atoms with Gasteiger partial charge in [0.15, 0.2) is 0 Å². The van der Waals surface area contributed by atoms with Crippen LogP contribution in [0.15, 0.2) is 47.4 Å². The Morgan fingerprint density at radius 2 is 1.81 bits per heavy atom. The molecule has 2 aromatic rings. The Balaban J connectivity index is 2.25. The molecule has 4 N–H and O–H groups in total. The van der Waals surface area contributed by atoms with Crippen molar-refractivity contribution in [2.24, 2.45) is 0 Å². The third-order valence-corrected chi connectivity index (χ3v) is 4.46. The van der Waals surface area contributed by atoms with E-state index < -0.39 is 10.0 Å². The van der Waals surface area contributed by atoms with Gasteiger partial charge in [-0.3, -0.25) is 0 Å². The molecule has 7 heteroatoms. The fraction of sp³-hybridized carbons (Fsp3) is 0.143. The SMILES string of the molecule is CNS(=O)(=O)c1ccccc1NCc1ccc(O)cc1O. The Hall–Kier alpha value is -2.25. The molecule has 21 heavy (non-hydrogen) atoms. The lowest BCUT2D eigenvalue weighted by Gasteiger charge is -2.12. The molecule has 0 aliphatic rings. The number of sulfonamides is 1. The predicted molar refractivity (Wildman–Crippen MR) is 79.8 cm³/mol. The van der Waals surface area contributed by atoms with Crippen molar-refractivity contribution in [3.8, 4) is 11.5 Å². The number of anilines is 1. The van der Waals surface area contributed by atoms with E-state index in [9.17, 15) is 18.6 Å². The van der Waals surface area contributed by atoms with E-state index in [-0.39, 0.29) is 22.9 Å². The lowest BCUT2D eigenvalue weighted by atomic mass is 10.2. The number of nitrogens with one attached hydrogen (secondary N) is 2. The normalized spacial score (nSPS) is 11.3. The summed E-state index contributed by atoms with van der Waals surface area (Å²) >= 11 is 0. The molecule has 0 bridgehead atoms. The molecule has 0 radical (unpaired) electrons. The molecule has 0 amide bonds. The van der Waals surface area contributed by atoms with Crippen molar-refractivity contribution in [1.82, 2.24) is 4.72 Å². The van der Waals surface area contributed by atoms with Gasteiger partial charge in [0, 0.05) is 18.2 Å². The molecule has 0 aliphatic carbocycles. The van der Waals surface area contributed by atoms with Crippen LogP contribution in [-0.2, 0) is 16.6 Å². The topological polar surface area (TPSA) is 98.7 Å². The van der Waals surface area contributed by atoms with Crippen LogP contribution in [0, 0.1) is 0 Å². The van der Waals surface area contributed by atoms with Gasteiger partial charge in [-0.15, -0.1) is 0 Å². The van der Waals surface area contributed by atoms with Crippen LogP contribution in [0.4, 0.5) is 5.69 Å². The summed E-state index contributed by atoms with van der Waals surface area (Å²) in [6.45, 7) is 0.225. The van der Waals surface area contributed by atoms with E-state index in [0.717, 1.165) is 0 Å². The van der Waals surface area contributed by atoms with Crippen molar-refractivity contribution >= 4 is 15.7 Å². The van der Waals surface area contributed by atoms with Gasteiger partial charge in [-0.2, -0.15) is 0 Å². The summed E-state index contributed by atoms with van der Waals surface area (Å²) in [6, 6.07) is 10.7. The second-order valence-corrected chi connectivity index (χ2v) is 6.23. The third kappa shape index (κ3) is 3.45. The quantitative estimate of drug-likeness (QED) is 0.673. The Morgan fingerprint density at radius 1 is 1.10 bits per heavy atom. The number of para-hydroxylation sites is 1. The minimum atomic E-state index is -3.57. The minimum absolute atomic E-state index is 0.0330. The van der Waals surface area contributed by atoms with Gasteiger partial charge < -0.3 is 15.5 Å². The Labute approximate surface area is 123 Å². The lowest BCUT2D eigenvalue weighted by Crippen LogP contribution is -2.20. The van der Waals surface area contributed by atoms with E-state index in [1.807, 2.05) is 0 Å². The van der Waals surface area contributed by atoms with E-state index >= 15 is 0 Å². The van der Waals surface area contributed by atoms with Gasteiger partial charge in [-0.1, -0.05) is 12.1 Å². The minimum Gasteiger partial charge on any atom is -0.508 e. The summed E-state index contributed by atoms with van der Waals surface area (Å²) in [4.78, 5) is 0.130. The van der Waals surface area contributed by atoms with Crippen LogP contribution in [0.5, 0.6) is 11.5 Å². The summed E-state index contributed by atoms with van der Waals surface area (Å²) in [6.07, 6.45) is 0. The molecule has 112 valence electrons. The van der Waals surface area contributed by atoms with E-state index in [4.69, 9.17) is 0 Å². The van der Waals surface area contributed by atoms with E-state index in [2.05, 4.69) is 10.0 Å². The van der Waals surface area contributed by atoms with Crippen molar-refractivity contribution in [3.63, 3.8) is 0 Å². The first kappa shape index (κ1) is 15.1.